The van der Waals surface area contributed by atoms with E-state index in [2.05, 4.69) is 9.71 Å². The van der Waals surface area contributed by atoms with Crippen LogP contribution in [0.1, 0.15) is 52.0 Å². The van der Waals surface area contributed by atoms with Gasteiger partial charge in [0.05, 0.1) is 5.25 Å². The minimum atomic E-state index is -4.56. The summed E-state index contributed by atoms with van der Waals surface area (Å²) in [5.74, 6) is -0.467. The molecule has 0 radical (unpaired) electrons. The molecule has 170 valence electrons. The van der Waals surface area contributed by atoms with Crippen molar-refractivity contribution in [2.24, 2.45) is 0 Å². The first-order valence-corrected chi connectivity index (χ1v) is 11.6. The monoisotopic (exact) mass is 472 g/mol. The molecule has 3 unspecified atom stereocenters. The summed E-state index contributed by atoms with van der Waals surface area (Å²) in [7, 11) is -1.59. The number of aromatic nitrogens is 1. The number of alkyl halides is 3. The molecule has 5 rings (SSSR count). The van der Waals surface area contributed by atoms with Gasteiger partial charge in [0.25, 0.3) is 0 Å². The maximum atomic E-state index is 13.6. The number of nitrogens with one attached hydrogen (secondary N) is 1. The van der Waals surface area contributed by atoms with E-state index in [0.717, 1.165) is 22.9 Å². The second-order valence-corrected chi connectivity index (χ2v) is 9.56. The van der Waals surface area contributed by atoms with Gasteiger partial charge < -0.3 is 5.11 Å². The Hall–Kier alpha value is -3.20. The molecule has 5 nitrogen and oxygen atoms in total. The number of amides is 1. The number of hydrogen-bond acceptors (Lipinski definition) is 4. The Morgan fingerprint density at radius 2 is 1.85 bits per heavy atom. The van der Waals surface area contributed by atoms with Crippen molar-refractivity contribution in [3.8, 4) is 16.9 Å². The quantitative estimate of drug-likeness (QED) is 0.575. The van der Waals surface area contributed by atoms with Crippen LogP contribution in [0.3, 0.4) is 0 Å². The Labute approximate surface area is 190 Å². The number of fused-ring (bicyclic) bond motifs is 1. The van der Waals surface area contributed by atoms with Gasteiger partial charge in [0.1, 0.15) is 16.7 Å². The molecule has 1 amide bonds. The zero-order chi connectivity index (χ0) is 23.3. The van der Waals surface area contributed by atoms with Crippen LogP contribution in [0.25, 0.3) is 11.1 Å². The van der Waals surface area contributed by atoms with Gasteiger partial charge in [-0.25, -0.2) is 4.21 Å². The Morgan fingerprint density at radius 3 is 2.55 bits per heavy atom. The SMILES string of the molecule is O=C1CC(c2ccc(C3CCc4c(-c5cccnc5C(F)(F)F)cccc43)cc2O)S(=O)N1. The Kier molecular flexibility index (Phi) is 5.23. The molecular formula is C24H19F3N2O3S. The third kappa shape index (κ3) is 3.80. The standard InChI is InChI=1S/C24H19F3N2O3S/c25-24(26,27)23-18(5-2-10-28-23)16-4-1-3-15-14(8-9-17(15)16)13-6-7-19(20(30)11-13)21-12-22(31)29-33(21)32/h1-7,10-11,14,21,30H,8-9,12H2,(H,29,31). The van der Waals surface area contributed by atoms with Crippen molar-refractivity contribution in [1.82, 2.24) is 9.71 Å². The van der Waals surface area contributed by atoms with Gasteiger partial charge in [-0.05, 0) is 47.2 Å². The molecule has 2 N–H and O–H groups in total. The Bertz CT molecular complexity index is 1290. The first-order chi connectivity index (χ1) is 15.7. The summed E-state index contributed by atoms with van der Waals surface area (Å²) < 4.78 is 55.1. The molecule has 2 heterocycles. The number of hydrogen-bond donors (Lipinski definition) is 2. The van der Waals surface area contributed by atoms with Crippen LogP contribution in [0.5, 0.6) is 5.75 Å². The van der Waals surface area contributed by atoms with E-state index in [4.69, 9.17) is 0 Å². The van der Waals surface area contributed by atoms with Crippen molar-refractivity contribution in [3.63, 3.8) is 0 Å². The number of carbonyl (C=O) groups is 1. The molecule has 3 aromatic rings. The number of phenolic OH excluding ortho intramolecular Hbond substituents is 1. The lowest BCUT2D eigenvalue weighted by molar-refractivity contribution is -0.140. The van der Waals surface area contributed by atoms with Crippen LogP contribution in [-0.2, 0) is 28.4 Å². The zero-order valence-corrected chi connectivity index (χ0v) is 18.0. The summed E-state index contributed by atoms with van der Waals surface area (Å²) in [4.78, 5) is 15.1. The van der Waals surface area contributed by atoms with Gasteiger partial charge in [0.2, 0.25) is 5.91 Å². The van der Waals surface area contributed by atoms with E-state index in [1.54, 1.807) is 24.3 Å². The lowest BCUT2D eigenvalue weighted by Crippen LogP contribution is -2.15. The maximum Gasteiger partial charge on any atom is 0.433 e. The predicted octanol–water partition coefficient (Wildman–Crippen LogP) is 4.78. The number of rotatable bonds is 3. The van der Waals surface area contributed by atoms with Gasteiger partial charge >= 0.3 is 6.18 Å². The molecule has 33 heavy (non-hydrogen) atoms. The minimum Gasteiger partial charge on any atom is -0.508 e. The number of aromatic hydroxyl groups is 1. The molecule has 3 atom stereocenters. The van der Waals surface area contributed by atoms with Crippen LogP contribution in [0.15, 0.2) is 54.7 Å². The average Bonchev–Trinajstić information content (AvgIpc) is 3.35. The molecule has 9 heteroatoms. The lowest BCUT2D eigenvalue weighted by atomic mass is 9.89. The van der Waals surface area contributed by atoms with E-state index in [9.17, 15) is 27.3 Å². The molecule has 1 saturated heterocycles. The van der Waals surface area contributed by atoms with Crippen LogP contribution in [-0.4, -0.2) is 20.2 Å². The van der Waals surface area contributed by atoms with E-state index >= 15 is 0 Å². The van der Waals surface area contributed by atoms with Crippen molar-refractivity contribution in [2.45, 2.75) is 36.6 Å². The van der Waals surface area contributed by atoms with Gasteiger partial charge in [-0.3, -0.25) is 14.5 Å². The molecular weight excluding hydrogens is 453 g/mol. The second-order valence-electron chi connectivity index (χ2n) is 8.20. The molecule has 1 aliphatic carbocycles. The molecule has 0 spiro atoms. The van der Waals surface area contributed by atoms with Gasteiger partial charge in [-0.15, -0.1) is 0 Å². The van der Waals surface area contributed by atoms with Crippen molar-refractivity contribution >= 4 is 16.9 Å². The normalized spacial score (nSPS) is 22.3. The summed E-state index contributed by atoms with van der Waals surface area (Å²) in [6.45, 7) is 0. The summed E-state index contributed by atoms with van der Waals surface area (Å²) in [6, 6.07) is 13.4. The van der Waals surface area contributed by atoms with Crippen molar-refractivity contribution < 1.29 is 27.3 Å². The topological polar surface area (TPSA) is 79.3 Å². The van der Waals surface area contributed by atoms with E-state index in [0.29, 0.717) is 24.0 Å². The van der Waals surface area contributed by atoms with Crippen LogP contribution < -0.4 is 4.72 Å². The molecule has 2 aromatic carbocycles. The number of nitrogens with zero attached hydrogens (tertiary/aromatic N) is 1. The van der Waals surface area contributed by atoms with Gasteiger partial charge in [0.15, 0.2) is 5.69 Å². The number of benzene rings is 2. The summed E-state index contributed by atoms with van der Waals surface area (Å²) >= 11 is 0. The fourth-order valence-electron chi connectivity index (χ4n) is 4.85. The second kappa shape index (κ2) is 7.98. The highest BCUT2D eigenvalue weighted by Gasteiger charge is 2.37. The Morgan fingerprint density at radius 1 is 1.06 bits per heavy atom. The minimum absolute atomic E-state index is 0.0430. The maximum absolute atomic E-state index is 13.6. The van der Waals surface area contributed by atoms with Crippen molar-refractivity contribution in [2.75, 3.05) is 0 Å². The van der Waals surface area contributed by atoms with E-state index in [1.807, 2.05) is 12.1 Å². The molecule has 0 saturated carbocycles. The highest BCUT2D eigenvalue weighted by Crippen LogP contribution is 2.46. The van der Waals surface area contributed by atoms with Gasteiger partial charge in [-0.2, -0.15) is 13.2 Å². The van der Waals surface area contributed by atoms with Crippen LogP contribution in [0, 0.1) is 0 Å². The highest BCUT2D eigenvalue weighted by molar-refractivity contribution is 7.84. The van der Waals surface area contributed by atoms with Crippen LogP contribution >= 0.6 is 0 Å². The Balaban J connectivity index is 1.52. The van der Waals surface area contributed by atoms with E-state index in [1.165, 1.54) is 12.1 Å². The summed E-state index contributed by atoms with van der Waals surface area (Å²) in [6.07, 6.45) is -2.10. The molecule has 1 aliphatic heterocycles. The zero-order valence-electron chi connectivity index (χ0n) is 17.2. The summed E-state index contributed by atoms with van der Waals surface area (Å²) in [5, 5.41) is 10.0. The van der Waals surface area contributed by atoms with Crippen LogP contribution in [0.4, 0.5) is 13.2 Å². The van der Waals surface area contributed by atoms with Crippen molar-refractivity contribution in [3.05, 3.63) is 82.7 Å². The third-order valence-electron chi connectivity index (χ3n) is 6.28. The number of phenols is 1. The molecule has 1 fully saturated rings. The third-order valence-corrected chi connectivity index (χ3v) is 7.65. The number of pyridine rings is 1. The highest BCUT2D eigenvalue weighted by atomic mass is 32.2. The molecule has 1 aromatic heterocycles. The summed E-state index contributed by atoms with van der Waals surface area (Å²) in [5.41, 5.74) is 2.68. The average molecular weight is 472 g/mol. The smallest absolute Gasteiger partial charge is 0.433 e. The largest absolute Gasteiger partial charge is 0.508 e. The lowest BCUT2D eigenvalue weighted by Gasteiger charge is -2.17. The fraction of sp³-hybridized carbons (Fsp3) is 0.250. The molecule has 0 bridgehead atoms. The van der Waals surface area contributed by atoms with Crippen LogP contribution in [0.2, 0.25) is 0 Å². The van der Waals surface area contributed by atoms with Gasteiger partial charge in [-0.1, -0.05) is 36.4 Å². The fourth-order valence-corrected chi connectivity index (χ4v) is 6.03. The number of halogens is 3. The predicted molar refractivity (Wildman–Crippen MR) is 117 cm³/mol. The first-order valence-electron chi connectivity index (χ1n) is 10.4. The first kappa shape index (κ1) is 21.6. The van der Waals surface area contributed by atoms with Crippen molar-refractivity contribution in [1.29, 1.82) is 0 Å². The van der Waals surface area contributed by atoms with E-state index < -0.39 is 28.1 Å². The molecule has 2 aliphatic rings. The number of carbonyl (C=O) groups excluding carboxylic acids is 1. The van der Waals surface area contributed by atoms with E-state index in [-0.39, 0.29) is 29.6 Å². The van der Waals surface area contributed by atoms with Gasteiger partial charge in [0, 0.05) is 29.7 Å².